The minimum Gasteiger partial charge on any atom is -0.461 e. The van der Waals surface area contributed by atoms with Gasteiger partial charge in [-0.25, -0.2) is 0 Å². The first-order valence-corrected chi connectivity index (χ1v) is 9.82. The number of hydrogen-bond acceptors (Lipinski definition) is 2. The van der Waals surface area contributed by atoms with Gasteiger partial charge in [0.1, 0.15) is 6.61 Å². The summed E-state index contributed by atoms with van der Waals surface area (Å²) in [4.78, 5) is 12.2. The van der Waals surface area contributed by atoms with Crippen molar-refractivity contribution in [2.75, 3.05) is 6.61 Å². The van der Waals surface area contributed by atoms with Crippen LogP contribution in [-0.2, 0) is 9.53 Å². The van der Waals surface area contributed by atoms with Gasteiger partial charge >= 0.3 is 5.97 Å². The molecule has 0 aliphatic rings. The summed E-state index contributed by atoms with van der Waals surface area (Å²) in [7, 11) is 0. The summed E-state index contributed by atoms with van der Waals surface area (Å²) in [5, 5.41) is 0. The quantitative estimate of drug-likeness (QED) is 0.194. The van der Waals surface area contributed by atoms with Crippen molar-refractivity contribution in [3.05, 3.63) is 12.7 Å². The van der Waals surface area contributed by atoms with Crippen LogP contribution in [0, 0.1) is 17.8 Å². The van der Waals surface area contributed by atoms with Gasteiger partial charge in [0.15, 0.2) is 0 Å². The fraction of sp³-hybridized carbons (Fsp3) is 0.857. The molecule has 0 rings (SSSR count). The molecule has 23 heavy (non-hydrogen) atoms. The van der Waals surface area contributed by atoms with Crippen LogP contribution in [-0.4, -0.2) is 12.6 Å². The number of rotatable bonds is 15. The van der Waals surface area contributed by atoms with E-state index in [9.17, 15) is 4.79 Å². The van der Waals surface area contributed by atoms with Gasteiger partial charge in [0.2, 0.25) is 0 Å². The minimum atomic E-state index is -0.0176. The molecule has 0 spiro atoms. The van der Waals surface area contributed by atoms with Crippen LogP contribution in [0.1, 0.15) is 91.9 Å². The summed E-state index contributed by atoms with van der Waals surface area (Å²) in [6, 6.07) is 0. The van der Waals surface area contributed by atoms with Crippen molar-refractivity contribution in [2.24, 2.45) is 17.8 Å². The van der Waals surface area contributed by atoms with Gasteiger partial charge in [-0.3, -0.25) is 4.79 Å². The molecule has 136 valence electrons. The highest BCUT2D eigenvalue weighted by Crippen LogP contribution is 2.22. The lowest BCUT2D eigenvalue weighted by molar-refractivity contribution is -0.147. The summed E-state index contributed by atoms with van der Waals surface area (Å²) in [5.74, 6) is 1.66. The molecule has 0 radical (unpaired) electrons. The molecule has 3 unspecified atom stereocenters. The van der Waals surface area contributed by atoms with Crippen LogP contribution in [0.5, 0.6) is 0 Å². The zero-order chi connectivity index (χ0) is 17.5. The largest absolute Gasteiger partial charge is 0.461 e. The normalized spacial score (nSPS) is 15.0. The molecule has 0 N–H and O–H groups in total. The monoisotopic (exact) mass is 324 g/mol. The molecule has 0 aromatic heterocycles. The van der Waals surface area contributed by atoms with Crippen molar-refractivity contribution in [3.8, 4) is 0 Å². The van der Waals surface area contributed by atoms with E-state index in [4.69, 9.17) is 4.74 Å². The van der Waals surface area contributed by atoms with Crippen molar-refractivity contribution in [3.63, 3.8) is 0 Å². The maximum absolute atomic E-state index is 12.2. The van der Waals surface area contributed by atoms with Crippen LogP contribution in [0.4, 0.5) is 0 Å². The zero-order valence-electron chi connectivity index (χ0n) is 16.1. The smallest absolute Gasteiger partial charge is 0.309 e. The van der Waals surface area contributed by atoms with E-state index < -0.39 is 0 Å². The van der Waals surface area contributed by atoms with Crippen molar-refractivity contribution in [2.45, 2.75) is 91.9 Å². The minimum absolute atomic E-state index is 0.0176. The van der Waals surface area contributed by atoms with Gasteiger partial charge in [0, 0.05) is 0 Å². The third-order valence-corrected chi connectivity index (χ3v) is 5.07. The topological polar surface area (TPSA) is 26.3 Å². The number of esters is 1. The Morgan fingerprint density at radius 1 is 0.913 bits per heavy atom. The molecule has 0 aromatic rings. The van der Waals surface area contributed by atoms with E-state index in [0.717, 1.165) is 37.5 Å². The van der Waals surface area contributed by atoms with E-state index >= 15 is 0 Å². The second-order valence-electron chi connectivity index (χ2n) is 7.21. The van der Waals surface area contributed by atoms with E-state index in [1.807, 2.05) is 0 Å². The van der Waals surface area contributed by atoms with Crippen LogP contribution in [0.25, 0.3) is 0 Å². The van der Waals surface area contributed by atoms with Gasteiger partial charge in [-0.05, 0) is 24.7 Å². The average molecular weight is 325 g/mol. The van der Waals surface area contributed by atoms with Crippen LogP contribution in [0.15, 0.2) is 12.7 Å². The Hall–Kier alpha value is -0.790. The van der Waals surface area contributed by atoms with Gasteiger partial charge in [0.25, 0.3) is 0 Å². The third-order valence-electron chi connectivity index (χ3n) is 5.07. The lowest BCUT2D eigenvalue weighted by atomic mass is 9.92. The summed E-state index contributed by atoms with van der Waals surface area (Å²) in [6.07, 6.45) is 13.4. The third kappa shape index (κ3) is 12.3. The molecular formula is C21H40O2. The first kappa shape index (κ1) is 22.2. The fourth-order valence-corrected chi connectivity index (χ4v) is 2.82. The van der Waals surface area contributed by atoms with Crippen LogP contribution < -0.4 is 0 Å². The summed E-state index contributed by atoms with van der Waals surface area (Å²) < 4.78 is 5.29. The highest BCUT2D eigenvalue weighted by Gasteiger charge is 2.19. The maximum atomic E-state index is 12.2. The molecule has 2 heteroatoms. The molecular weight excluding hydrogens is 284 g/mol. The number of ether oxygens (including phenoxy) is 1. The molecule has 2 nitrogen and oxygen atoms in total. The molecule has 0 aromatic carbocycles. The van der Waals surface area contributed by atoms with Crippen molar-refractivity contribution in [1.82, 2.24) is 0 Å². The van der Waals surface area contributed by atoms with Crippen molar-refractivity contribution in [1.29, 1.82) is 0 Å². The summed E-state index contributed by atoms with van der Waals surface area (Å²) in [5.41, 5.74) is 0. The Balaban J connectivity index is 4.10. The Morgan fingerprint density at radius 2 is 1.43 bits per heavy atom. The van der Waals surface area contributed by atoms with Crippen molar-refractivity contribution < 1.29 is 9.53 Å². The van der Waals surface area contributed by atoms with Gasteiger partial charge in [-0.2, -0.15) is 0 Å². The predicted octanol–water partition coefficient (Wildman–Crippen LogP) is 6.54. The standard InChI is InChI=1S/C21H40O2/c1-6-17-23-21(22)20(16-12-14-19(5)8-3)15-11-9-10-13-18(4)7-2/h6,18-20H,1,7-17H2,2-5H3. The van der Waals surface area contributed by atoms with Gasteiger partial charge in [0.05, 0.1) is 5.92 Å². The summed E-state index contributed by atoms with van der Waals surface area (Å²) >= 11 is 0. The average Bonchev–Trinajstić information content (AvgIpc) is 2.56. The second-order valence-corrected chi connectivity index (χ2v) is 7.21. The van der Waals surface area contributed by atoms with E-state index in [1.165, 1.54) is 38.5 Å². The van der Waals surface area contributed by atoms with E-state index in [-0.39, 0.29) is 11.9 Å². The number of carbonyl (C=O) groups excluding carboxylic acids is 1. The summed E-state index contributed by atoms with van der Waals surface area (Å²) in [6.45, 7) is 13.1. The molecule has 0 aliphatic carbocycles. The molecule has 0 fully saturated rings. The first-order chi connectivity index (χ1) is 11.0. The second kappa shape index (κ2) is 14.8. The highest BCUT2D eigenvalue weighted by atomic mass is 16.5. The number of unbranched alkanes of at least 4 members (excludes halogenated alkanes) is 2. The van der Waals surface area contributed by atoms with Gasteiger partial charge < -0.3 is 4.74 Å². The zero-order valence-corrected chi connectivity index (χ0v) is 16.1. The van der Waals surface area contributed by atoms with Crippen LogP contribution in [0.3, 0.4) is 0 Å². The molecule has 0 aliphatic heterocycles. The Kier molecular flexibility index (Phi) is 14.3. The SMILES string of the molecule is C=CCOC(=O)C(CCCCCC(C)CC)CCCC(C)CC. The Labute approximate surface area is 145 Å². The lowest BCUT2D eigenvalue weighted by Gasteiger charge is -2.17. The van der Waals surface area contributed by atoms with Crippen LogP contribution >= 0.6 is 0 Å². The van der Waals surface area contributed by atoms with Crippen LogP contribution in [0.2, 0.25) is 0 Å². The highest BCUT2D eigenvalue weighted by molar-refractivity contribution is 5.72. The Bertz CT molecular complexity index is 298. The number of carbonyl (C=O) groups is 1. The molecule has 0 heterocycles. The first-order valence-electron chi connectivity index (χ1n) is 9.82. The number of hydrogen-bond donors (Lipinski definition) is 0. The Morgan fingerprint density at radius 3 is 2.00 bits per heavy atom. The molecule has 0 saturated carbocycles. The van der Waals surface area contributed by atoms with E-state index in [0.29, 0.717) is 6.61 Å². The molecule has 3 atom stereocenters. The lowest BCUT2D eigenvalue weighted by Crippen LogP contribution is -2.18. The van der Waals surface area contributed by atoms with Crippen molar-refractivity contribution >= 4 is 5.97 Å². The van der Waals surface area contributed by atoms with E-state index in [1.54, 1.807) is 6.08 Å². The predicted molar refractivity (Wildman–Crippen MR) is 100 cm³/mol. The molecule has 0 bridgehead atoms. The molecule has 0 saturated heterocycles. The van der Waals surface area contributed by atoms with Gasteiger partial charge in [-0.1, -0.05) is 91.7 Å². The molecule has 0 amide bonds. The van der Waals surface area contributed by atoms with E-state index in [2.05, 4.69) is 34.3 Å². The fourth-order valence-electron chi connectivity index (χ4n) is 2.82. The maximum Gasteiger partial charge on any atom is 0.309 e. The van der Waals surface area contributed by atoms with Gasteiger partial charge in [-0.15, -0.1) is 0 Å².